The van der Waals surface area contributed by atoms with Crippen molar-refractivity contribution in [2.75, 3.05) is 25.9 Å². The third-order valence-electron chi connectivity index (χ3n) is 4.58. The van der Waals surface area contributed by atoms with Crippen molar-refractivity contribution < 1.29 is 4.79 Å². The molecule has 5 nitrogen and oxygen atoms in total. The highest BCUT2D eigenvalue weighted by Gasteiger charge is 2.15. The van der Waals surface area contributed by atoms with Gasteiger partial charge in [0.25, 0.3) is 0 Å². The van der Waals surface area contributed by atoms with Crippen LogP contribution in [-0.2, 0) is 17.1 Å². The predicted molar refractivity (Wildman–Crippen MR) is 100 cm³/mol. The molecule has 1 amide bonds. The van der Waals surface area contributed by atoms with Crippen molar-refractivity contribution >= 4 is 28.7 Å². The molecule has 1 aliphatic heterocycles. The van der Waals surface area contributed by atoms with Gasteiger partial charge in [0, 0.05) is 6.54 Å². The molecule has 0 radical (unpaired) electrons. The molecule has 0 bridgehead atoms. The first kappa shape index (κ1) is 17.3. The Morgan fingerprint density at radius 2 is 2.33 bits per heavy atom. The summed E-state index contributed by atoms with van der Waals surface area (Å²) in [6, 6.07) is 8.02. The number of nitrogens with one attached hydrogen (secondary N) is 2. The molecule has 1 aliphatic rings. The van der Waals surface area contributed by atoms with E-state index in [0.29, 0.717) is 12.5 Å². The summed E-state index contributed by atoms with van der Waals surface area (Å²) in [6.07, 6.45) is 5.63. The first-order valence-electron chi connectivity index (χ1n) is 8.68. The van der Waals surface area contributed by atoms with Crippen molar-refractivity contribution in [2.24, 2.45) is 5.92 Å². The molecule has 130 valence electrons. The molecule has 1 atom stereocenters. The molecular formula is C18H26N4OS. The Hall–Kier alpha value is -1.53. The first-order valence-corrected chi connectivity index (χ1v) is 10.1. The second kappa shape index (κ2) is 8.53. The maximum absolute atomic E-state index is 12.4. The van der Waals surface area contributed by atoms with Crippen molar-refractivity contribution in [3.63, 3.8) is 0 Å². The zero-order chi connectivity index (χ0) is 16.8. The molecule has 0 saturated carbocycles. The average molecular weight is 347 g/mol. The minimum absolute atomic E-state index is 0.0734. The van der Waals surface area contributed by atoms with Crippen molar-refractivity contribution in [1.82, 2.24) is 20.2 Å². The fraction of sp³-hybridized carbons (Fsp3) is 0.556. The average Bonchev–Trinajstić information content (AvgIpc) is 2.94. The summed E-state index contributed by atoms with van der Waals surface area (Å²) in [5.41, 5.74) is 2.00. The molecule has 1 aromatic heterocycles. The number of hydrogen-bond acceptors (Lipinski definition) is 4. The number of fused-ring (bicyclic) bond motifs is 1. The van der Waals surface area contributed by atoms with E-state index in [9.17, 15) is 4.79 Å². The zero-order valence-electron chi connectivity index (χ0n) is 14.3. The number of hydrogen-bond donors (Lipinski definition) is 2. The molecule has 3 rings (SSSR count). The van der Waals surface area contributed by atoms with Crippen molar-refractivity contribution in [2.45, 2.75) is 31.6 Å². The van der Waals surface area contributed by atoms with E-state index in [4.69, 9.17) is 0 Å². The van der Waals surface area contributed by atoms with Crippen LogP contribution in [0.15, 0.2) is 24.3 Å². The lowest BCUT2D eigenvalue weighted by Gasteiger charge is -2.22. The Kier molecular flexibility index (Phi) is 6.15. The van der Waals surface area contributed by atoms with E-state index in [-0.39, 0.29) is 5.91 Å². The molecule has 2 aromatic rings. The lowest BCUT2D eigenvalue weighted by atomic mass is 9.96. The van der Waals surface area contributed by atoms with Crippen molar-refractivity contribution in [1.29, 1.82) is 0 Å². The monoisotopic (exact) mass is 346 g/mol. The molecule has 6 heteroatoms. The summed E-state index contributed by atoms with van der Waals surface area (Å²) in [4.78, 5) is 17.0. The number of aromatic nitrogens is 2. The second-order valence-electron chi connectivity index (χ2n) is 6.39. The highest BCUT2D eigenvalue weighted by molar-refractivity contribution is 7.97. The van der Waals surface area contributed by atoms with Crippen LogP contribution in [0.25, 0.3) is 11.0 Å². The summed E-state index contributed by atoms with van der Waals surface area (Å²) in [5.74, 6) is 2.55. The lowest BCUT2D eigenvalue weighted by Crippen LogP contribution is -2.34. The van der Waals surface area contributed by atoms with Crippen LogP contribution < -0.4 is 10.6 Å². The van der Waals surface area contributed by atoms with Crippen LogP contribution in [0.1, 0.15) is 25.1 Å². The molecular weight excluding hydrogens is 320 g/mol. The minimum Gasteiger partial charge on any atom is -0.355 e. The van der Waals surface area contributed by atoms with E-state index >= 15 is 0 Å². The molecule has 0 aliphatic carbocycles. The standard InChI is InChI=1S/C18H26N4OS/c1-24-13-17-21-15-6-2-3-7-16(15)22(17)12-18(23)20-10-8-14-5-4-9-19-11-14/h2-3,6-7,14,19H,4-5,8-13H2,1H3,(H,20,23). The number of thioether (sulfide) groups is 1. The van der Waals surface area contributed by atoms with Gasteiger partial charge >= 0.3 is 0 Å². The van der Waals surface area contributed by atoms with Gasteiger partial charge in [-0.25, -0.2) is 4.98 Å². The van der Waals surface area contributed by atoms with Gasteiger partial charge in [0.1, 0.15) is 12.4 Å². The minimum atomic E-state index is 0.0734. The Balaban J connectivity index is 1.59. The largest absolute Gasteiger partial charge is 0.355 e. The van der Waals surface area contributed by atoms with Gasteiger partial charge in [0.05, 0.1) is 16.8 Å². The lowest BCUT2D eigenvalue weighted by molar-refractivity contribution is -0.121. The van der Waals surface area contributed by atoms with Gasteiger partial charge in [-0.1, -0.05) is 12.1 Å². The number of piperidine rings is 1. The second-order valence-corrected chi connectivity index (χ2v) is 7.25. The molecule has 1 unspecified atom stereocenters. The predicted octanol–water partition coefficient (Wildman–Crippen LogP) is 2.41. The Morgan fingerprint density at radius 3 is 3.12 bits per heavy atom. The number of benzene rings is 1. The molecule has 2 heterocycles. The molecule has 1 fully saturated rings. The van der Waals surface area contributed by atoms with E-state index in [1.807, 2.05) is 28.8 Å². The molecule has 0 spiro atoms. The summed E-state index contributed by atoms with van der Waals surface area (Å²) >= 11 is 1.73. The van der Waals surface area contributed by atoms with Crippen LogP contribution in [0.4, 0.5) is 0 Å². The Labute approximate surface area is 147 Å². The molecule has 1 saturated heterocycles. The number of para-hydroxylation sites is 2. The maximum Gasteiger partial charge on any atom is 0.240 e. The van der Waals surface area contributed by atoms with Crippen LogP contribution >= 0.6 is 11.8 Å². The maximum atomic E-state index is 12.4. The van der Waals surface area contributed by atoms with Crippen LogP contribution in [0.3, 0.4) is 0 Å². The molecule has 2 N–H and O–H groups in total. The van der Waals surface area contributed by atoms with Gasteiger partial charge in [0.15, 0.2) is 0 Å². The number of imidazole rings is 1. The summed E-state index contributed by atoms with van der Waals surface area (Å²) in [5, 5.41) is 6.50. The normalized spacial score (nSPS) is 18.0. The van der Waals surface area contributed by atoms with Crippen LogP contribution in [0.2, 0.25) is 0 Å². The first-order chi connectivity index (χ1) is 11.8. The highest BCUT2D eigenvalue weighted by Crippen LogP contribution is 2.19. The van der Waals surface area contributed by atoms with Gasteiger partial charge in [-0.15, -0.1) is 0 Å². The summed E-state index contributed by atoms with van der Waals surface area (Å²) in [6.45, 7) is 3.32. The fourth-order valence-electron chi connectivity index (χ4n) is 3.33. The van der Waals surface area contributed by atoms with Crippen molar-refractivity contribution in [3.8, 4) is 0 Å². The van der Waals surface area contributed by atoms with E-state index in [1.54, 1.807) is 11.8 Å². The summed E-state index contributed by atoms with van der Waals surface area (Å²) < 4.78 is 2.04. The summed E-state index contributed by atoms with van der Waals surface area (Å²) in [7, 11) is 0. The van der Waals surface area contributed by atoms with Gasteiger partial charge in [0.2, 0.25) is 5.91 Å². The molecule has 24 heavy (non-hydrogen) atoms. The van der Waals surface area contributed by atoms with Gasteiger partial charge in [-0.05, 0) is 56.7 Å². The van der Waals surface area contributed by atoms with Gasteiger partial charge < -0.3 is 15.2 Å². The number of rotatable bonds is 7. The number of amides is 1. The van der Waals surface area contributed by atoms with Gasteiger partial charge in [-0.3, -0.25) is 4.79 Å². The van der Waals surface area contributed by atoms with Gasteiger partial charge in [-0.2, -0.15) is 11.8 Å². The SMILES string of the molecule is CSCc1nc2ccccc2n1CC(=O)NCCC1CCCNC1. The van der Waals surface area contributed by atoms with E-state index in [1.165, 1.54) is 12.8 Å². The van der Waals surface area contributed by atoms with Crippen LogP contribution in [0, 0.1) is 5.92 Å². The number of carbonyl (C=O) groups excluding carboxylic acids is 1. The third kappa shape index (κ3) is 4.30. The van der Waals surface area contributed by atoms with Crippen LogP contribution in [-0.4, -0.2) is 41.3 Å². The van der Waals surface area contributed by atoms with E-state index in [0.717, 1.165) is 48.7 Å². The van der Waals surface area contributed by atoms with E-state index < -0.39 is 0 Å². The molecule has 1 aromatic carbocycles. The smallest absolute Gasteiger partial charge is 0.240 e. The van der Waals surface area contributed by atoms with Crippen molar-refractivity contribution in [3.05, 3.63) is 30.1 Å². The highest BCUT2D eigenvalue weighted by atomic mass is 32.2. The Bertz CT molecular complexity index is 679. The fourth-order valence-corrected chi connectivity index (χ4v) is 3.81. The zero-order valence-corrected chi connectivity index (χ0v) is 15.1. The topological polar surface area (TPSA) is 59.0 Å². The van der Waals surface area contributed by atoms with E-state index in [2.05, 4.69) is 21.9 Å². The Morgan fingerprint density at radius 1 is 1.46 bits per heavy atom. The quantitative estimate of drug-likeness (QED) is 0.808. The number of carbonyl (C=O) groups is 1. The third-order valence-corrected chi connectivity index (χ3v) is 5.13. The van der Waals surface area contributed by atoms with Crippen LogP contribution in [0.5, 0.6) is 0 Å². The number of nitrogens with zero attached hydrogens (tertiary/aromatic N) is 2.